The first-order valence-corrected chi connectivity index (χ1v) is 7.88. The van der Waals surface area contributed by atoms with Gasteiger partial charge in [0.2, 0.25) is 0 Å². The topological polar surface area (TPSA) is 73.9 Å². The van der Waals surface area contributed by atoms with Gasteiger partial charge < -0.3 is 11.1 Å². The van der Waals surface area contributed by atoms with Gasteiger partial charge in [0.1, 0.15) is 0 Å². The molecule has 0 aromatic heterocycles. The highest BCUT2D eigenvalue weighted by Gasteiger charge is 2.11. The highest BCUT2D eigenvalue weighted by atomic mass is 15.0. The van der Waals surface area contributed by atoms with Gasteiger partial charge in [0, 0.05) is 12.1 Å². The second kappa shape index (κ2) is 10.1. The van der Waals surface area contributed by atoms with Crippen molar-refractivity contribution < 1.29 is 0 Å². The number of rotatable bonds is 10. The van der Waals surface area contributed by atoms with Gasteiger partial charge in [0.15, 0.2) is 0 Å². The van der Waals surface area contributed by atoms with Crippen LogP contribution in [0.25, 0.3) is 0 Å². The van der Waals surface area contributed by atoms with E-state index in [-0.39, 0.29) is 18.2 Å². The van der Waals surface area contributed by atoms with E-state index in [0.717, 1.165) is 19.4 Å². The van der Waals surface area contributed by atoms with Crippen molar-refractivity contribution in [3.8, 4) is 6.07 Å². The highest BCUT2D eigenvalue weighted by molar-refractivity contribution is 5.25. The fraction of sp³-hybridized carbons (Fsp3) is 0.500. The third-order valence-electron chi connectivity index (χ3n) is 3.64. The number of nitrogens with one attached hydrogen (secondary N) is 2. The molecule has 4 N–H and O–H groups in total. The highest BCUT2D eigenvalue weighted by Crippen LogP contribution is 2.14. The Hall–Kier alpha value is -1.67. The fourth-order valence-corrected chi connectivity index (χ4v) is 2.43. The average molecular weight is 300 g/mol. The number of nitrogens with zero attached hydrogens (tertiary/aromatic N) is 1. The Balaban J connectivity index is 2.42. The van der Waals surface area contributed by atoms with Crippen molar-refractivity contribution in [2.45, 2.75) is 51.4 Å². The number of hydrogen-bond donors (Lipinski definition) is 3. The molecule has 0 aliphatic carbocycles. The maximum atomic E-state index is 8.85. The molecule has 22 heavy (non-hydrogen) atoms. The van der Waals surface area contributed by atoms with E-state index in [9.17, 15) is 0 Å². The van der Waals surface area contributed by atoms with Crippen molar-refractivity contribution in [2.75, 3.05) is 6.54 Å². The number of nitriles is 1. The van der Waals surface area contributed by atoms with Crippen LogP contribution in [0.2, 0.25) is 0 Å². The van der Waals surface area contributed by atoms with Gasteiger partial charge >= 0.3 is 0 Å². The molecule has 4 heteroatoms. The summed E-state index contributed by atoms with van der Waals surface area (Å²) < 4.78 is 0. The summed E-state index contributed by atoms with van der Waals surface area (Å²) in [5.41, 5.74) is 8.28. The lowest BCUT2D eigenvalue weighted by Crippen LogP contribution is -2.43. The Labute approximate surface area is 134 Å². The number of benzene rings is 1. The van der Waals surface area contributed by atoms with E-state index in [1.165, 1.54) is 11.1 Å². The molecule has 0 radical (unpaired) electrons. The fourth-order valence-electron chi connectivity index (χ4n) is 2.43. The summed E-state index contributed by atoms with van der Waals surface area (Å²) in [6.45, 7) is 8.65. The SMILES string of the molecule is C=CCc1ccc(C(C)NCCC(CC#N)NC(C)N)cc1. The molecule has 0 spiro atoms. The predicted octanol–water partition coefficient (Wildman–Crippen LogP) is 2.63. The number of nitrogens with two attached hydrogens (primary N) is 1. The normalized spacial score (nSPS) is 14.8. The standard InChI is InChI=1S/C18H28N4/c1-4-5-16-6-8-17(9-7-16)14(2)21-13-11-18(10-12-19)22-15(3)20/h4,6-9,14-15,18,21-22H,1,5,10-11,13,20H2,2-3H3. The molecule has 0 saturated carbocycles. The Morgan fingerprint density at radius 3 is 2.55 bits per heavy atom. The van der Waals surface area contributed by atoms with Crippen LogP contribution in [-0.2, 0) is 6.42 Å². The van der Waals surface area contributed by atoms with Crippen molar-refractivity contribution in [1.82, 2.24) is 10.6 Å². The zero-order valence-corrected chi connectivity index (χ0v) is 13.7. The summed E-state index contributed by atoms with van der Waals surface area (Å²) in [4.78, 5) is 0. The van der Waals surface area contributed by atoms with Crippen LogP contribution in [0.3, 0.4) is 0 Å². The summed E-state index contributed by atoms with van der Waals surface area (Å²) in [5.74, 6) is 0. The molecule has 0 saturated heterocycles. The van der Waals surface area contributed by atoms with E-state index >= 15 is 0 Å². The zero-order valence-electron chi connectivity index (χ0n) is 13.7. The van der Waals surface area contributed by atoms with Crippen LogP contribution < -0.4 is 16.4 Å². The van der Waals surface area contributed by atoms with E-state index in [1.54, 1.807) is 0 Å². The predicted molar refractivity (Wildman–Crippen MR) is 92.2 cm³/mol. The van der Waals surface area contributed by atoms with Gasteiger partial charge in [-0.15, -0.1) is 6.58 Å². The lowest BCUT2D eigenvalue weighted by molar-refractivity contribution is 0.414. The second-order valence-electron chi connectivity index (χ2n) is 5.71. The smallest absolute Gasteiger partial charge is 0.0638 e. The first kappa shape index (κ1) is 18.4. The van der Waals surface area contributed by atoms with E-state index in [4.69, 9.17) is 11.0 Å². The summed E-state index contributed by atoms with van der Waals surface area (Å²) in [6.07, 6.45) is 4.09. The van der Waals surface area contributed by atoms with E-state index in [1.807, 2.05) is 13.0 Å². The molecule has 4 nitrogen and oxygen atoms in total. The van der Waals surface area contributed by atoms with Crippen LogP contribution in [0.5, 0.6) is 0 Å². The van der Waals surface area contributed by atoms with Crippen molar-refractivity contribution in [3.63, 3.8) is 0 Å². The number of hydrogen-bond acceptors (Lipinski definition) is 4. The van der Waals surface area contributed by atoms with Crippen molar-refractivity contribution in [1.29, 1.82) is 5.26 Å². The van der Waals surface area contributed by atoms with Gasteiger partial charge in [-0.25, -0.2) is 0 Å². The third kappa shape index (κ3) is 6.86. The van der Waals surface area contributed by atoms with Crippen molar-refractivity contribution in [3.05, 3.63) is 48.0 Å². The van der Waals surface area contributed by atoms with Gasteiger partial charge in [-0.1, -0.05) is 30.3 Å². The molecule has 0 aliphatic rings. The Morgan fingerprint density at radius 1 is 1.32 bits per heavy atom. The summed E-state index contributed by atoms with van der Waals surface area (Å²) in [7, 11) is 0. The van der Waals surface area contributed by atoms with Gasteiger partial charge in [0.25, 0.3) is 0 Å². The van der Waals surface area contributed by atoms with Crippen LogP contribution in [0.4, 0.5) is 0 Å². The minimum absolute atomic E-state index is 0.0897. The largest absolute Gasteiger partial charge is 0.316 e. The Morgan fingerprint density at radius 2 is 2.00 bits per heavy atom. The molecule has 0 amide bonds. The van der Waals surface area contributed by atoms with E-state index < -0.39 is 0 Å². The summed E-state index contributed by atoms with van der Waals surface area (Å²) >= 11 is 0. The van der Waals surface area contributed by atoms with Gasteiger partial charge in [-0.05, 0) is 44.4 Å². The molecule has 120 valence electrons. The van der Waals surface area contributed by atoms with Gasteiger partial charge in [-0.2, -0.15) is 5.26 Å². The molecular formula is C18H28N4. The molecule has 1 rings (SSSR count). The van der Waals surface area contributed by atoms with Crippen LogP contribution in [0.15, 0.2) is 36.9 Å². The molecule has 0 bridgehead atoms. The quantitative estimate of drug-likeness (QED) is 0.459. The maximum Gasteiger partial charge on any atom is 0.0638 e. The molecule has 0 heterocycles. The minimum Gasteiger partial charge on any atom is -0.316 e. The van der Waals surface area contributed by atoms with Crippen molar-refractivity contribution in [2.24, 2.45) is 5.73 Å². The second-order valence-corrected chi connectivity index (χ2v) is 5.71. The van der Waals surface area contributed by atoms with Gasteiger partial charge in [0.05, 0.1) is 18.7 Å². The first-order valence-electron chi connectivity index (χ1n) is 7.88. The van der Waals surface area contributed by atoms with Gasteiger partial charge in [-0.3, -0.25) is 5.32 Å². The lowest BCUT2D eigenvalue weighted by Gasteiger charge is -2.20. The zero-order chi connectivity index (χ0) is 16.4. The summed E-state index contributed by atoms with van der Waals surface area (Å²) in [6, 6.07) is 11.2. The van der Waals surface area contributed by atoms with Crippen LogP contribution in [0, 0.1) is 11.3 Å². The lowest BCUT2D eigenvalue weighted by atomic mass is 10.0. The van der Waals surface area contributed by atoms with Crippen molar-refractivity contribution >= 4 is 0 Å². The summed E-state index contributed by atoms with van der Waals surface area (Å²) in [5, 5.41) is 15.6. The molecular weight excluding hydrogens is 272 g/mol. The molecule has 1 aromatic carbocycles. The molecule has 0 fully saturated rings. The molecule has 3 atom stereocenters. The Kier molecular flexibility index (Phi) is 8.46. The Bertz CT molecular complexity index is 473. The first-order chi connectivity index (χ1) is 10.6. The monoisotopic (exact) mass is 300 g/mol. The molecule has 3 unspecified atom stereocenters. The molecule has 0 aliphatic heterocycles. The maximum absolute atomic E-state index is 8.85. The van der Waals surface area contributed by atoms with Crippen LogP contribution in [0.1, 0.15) is 43.9 Å². The van der Waals surface area contributed by atoms with Crippen LogP contribution in [-0.4, -0.2) is 18.8 Å². The third-order valence-corrected chi connectivity index (χ3v) is 3.64. The van der Waals surface area contributed by atoms with E-state index in [2.05, 4.69) is 54.5 Å². The number of allylic oxidation sites excluding steroid dienone is 1. The molecule has 1 aromatic rings. The minimum atomic E-state index is -0.0897. The van der Waals surface area contributed by atoms with Crippen LogP contribution >= 0.6 is 0 Å². The average Bonchev–Trinajstić information content (AvgIpc) is 2.48. The van der Waals surface area contributed by atoms with E-state index in [0.29, 0.717) is 6.42 Å².